The van der Waals surface area contributed by atoms with Crippen molar-refractivity contribution in [3.05, 3.63) is 45.6 Å². The summed E-state index contributed by atoms with van der Waals surface area (Å²) in [5.74, 6) is -0.777. The van der Waals surface area contributed by atoms with Crippen LogP contribution in [-0.4, -0.2) is 19.0 Å². The van der Waals surface area contributed by atoms with Crippen LogP contribution in [0.2, 0.25) is 0 Å². The molecular formula is C14H14BrNO3. The number of carbonyl (C=O) groups excluding carboxylic acids is 2. The molecule has 1 atom stereocenters. The van der Waals surface area contributed by atoms with E-state index in [4.69, 9.17) is 4.74 Å². The molecule has 100 valence electrons. The number of benzene rings is 1. The Morgan fingerprint density at radius 2 is 2.11 bits per heavy atom. The van der Waals surface area contributed by atoms with Gasteiger partial charge in [0.2, 0.25) is 5.91 Å². The number of rotatable bonds is 2. The minimum absolute atomic E-state index is 0.0918. The number of allylic oxidation sites excluding steroid dienone is 1. The van der Waals surface area contributed by atoms with Gasteiger partial charge in [-0.05, 0) is 18.6 Å². The molecule has 5 heteroatoms. The summed E-state index contributed by atoms with van der Waals surface area (Å²) in [5, 5.41) is 2.69. The van der Waals surface area contributed by atoms with Gasteiger partial charge in [-0.2, -0.15) is 0 Å². The number of hydrogen-bond acceptors (Lipinski definition) is 3. The molecule has 0 fully saturated rings. The van der Waals surface area contributed by atoms with Gasteiger partial charge in [-0.3, -0.25) is 4.79 Å². The predicted molar refractivity (Wildman–Crippen MR) is 74.4 cm³/mol. The number of methoxy groups -OCH3 is 1. The number of halogens is 1. The van der Waals surface area contributed by atoms with Gasteiger partial charge >= 0.3 is 5.97 Å². The maximum atomic E-state index is 11.9. The summed E-state index contributed by atoms with van der Waals surface area (Å²) in [6.07, 6.45) is 0.240. The third-order valence-corrected chi connectivity index (χ3v) is 3.88. The van der Waals surface area contributed by atoms with E-state index in [1.54, 1.807) is 6.92 Å². The van der Waals surface area contributed by atoms with Crippen molar-refractivity contribution in [1.82, 2.24) is 5.32 Å². The summed E-state index contributed by atoms with van der Waals surface area (Å²) >= 11 is 3.46. The molecule has 0 spiro atoms. The zero-order chi connectivity index (χ0) is 14.0. The Labute approximate surface area is 120 Å². The molecule has 0 saturated carbocycles. The maximum absolute atomic E-state index is 11.9. The number of carbonyl (C=O) groups is 2. The molecule has 2 rings (SSSR count). The van der Waals surface area contributed by atoms with Crippen LogP contribution < -0.4 is 5.32 Å². The summed E-state index contributed by atoms with van der Waals surface area (Å²) < 4.78 is 5.70. The lowest BCUT2D eigenvalue weighted by molar-refractivity contribution is -0.136. The van der Waals surface area contributed by atoms with Crippen LogP contribution in [0.5, 0.6) is 0 Å². The van der Waals surface area contributed by atoms with Gasteiger partial charge < -0.3 is 10.1 Å². The summed E-state index contributed by atoms with van der Waals surface area (Å²) in [6, 6.07) is 7.58. The molecule has 1 aromatic rings. The van der Waals surface area contributed by atoms with Crippen LogP contribution >= 0.6 is 15.9 Å². The van der Waals surface area contributed by atoms with Crippen molar-refractivity contribution in [2.45, 2.75) is 19.3 Å². The lowest BCUT2D eigenvalue weighted by Gasteiger charge is -2.26. The number of esters is 1. The Morgan fingerprint density at radius 3 is 2.74 bits per heavy atom. The second-order valence-corrected chi connectivity index (χ2v) is 5.21. The van der Waals surface area contributed by atoms with E-state index < -0.39 is 5.97 Å². The molecule has 1 aliphatic heterocycles. The summed E-state index contributed by atoms with van der Waals surface area (Å²) in [4.78, 5) is 23.6. The normalized spacial score (nSPS) is 19.1. The number of amides is 1. The minimum atomic E-state index is -0.404. The first kappa shape index (κ1) is 13.8. The molecule has 19 heavy (non-hydrogen) atoms. The molecule has 1 amide bonds. The lowest BCUT2D eigenvalue weighted by atomic mass is 9.84. The smallest absolute Gasteiger partial charge is 0.336 e. The van der Waals surface area contributed by atoms with Gasteiger partial charge in [0.15, 0.2) is 0 Å². The van der Waals surface area contributed by atoms with Crippen LogP contribution in [0.4, 0.5) is 0 Å². The second-order valence-electron chi connectivity index (χ2n) is 4.36. The Kier molecular flexibility index (Phi) is 4.04. The van der Waals surface area contributed by atoms with Crippen molar-refractivity contribution < 1.29 is 14.3 Å². The van der Waals surface area contributed by atoms with E-state index in [1.165, 1.54) is 7.11 Å². The van der Waals surface area contributed by atoms with E-state index in [0.717, 1.165) is 10.0 Å². The summed E-state index contributed by atoms with van der Waals surface area (Å²) in [5.41, 5.74) is 1.98. The van der Waals surface area contributed by atoms with Gasteiger partial charge in [0.25, 0.3) is 0 Å². The van der Waals surface area contributed by atoms with E-state index in [2.05, 4.69) is 21.2 Å². The van der Waals surface area contributed by atoms with E-state index in [0.29, 0.717) is 11.3 Å². The average Bonchev–Trinajstić information content (AvgIpc) is 2.37. The third kappa shape index (κ3) is 2.71. The minimum Gasteiger partial charge on any atom is -0.466 e. The van der Waals surface area contributed by atoms with Crippen molar-refractivity contribution in [2.75, 3.05) is 7.11 Å². The SMILES string of the molecule is COC(=O)C1=C(C)NC(=O)CC1c1ccccc1Br. The fraction of sp³-hybridized carbons (Fsp3) is 0.286. The molecule has 1 N–H and O–H groups in total. The van der Waals surface area contributed by atoms with Gasteiger partial charge in [0.05, 0.1) is 12.7 Å². The van der Waals surface area contributed by atoms with Crippen LogP contribution in [0.25, 0.3) is 0 Å². The molecule has 0 aliphatic carbocycles. The van der Waals surface area contributed by atoms with E-state index in [1.807, 2.05) is 24.3 Å². The van der Waals surface area contributed by atoms with Crippen LogP contribution in [0, 0.1) is 0 Å². The van der Waals surface area contributed by atoms with Crippen LogP contribution in [0.1, 0.15) is 24.8 Å². The van der Waals surface area contributed by atoms with Crippen molar-refractivity contribution >= 4 is 27.8 Å². The predicted octanol–water partition coefficient (Wildman–Crippen LogP) is 2.50. The Hall–Kier alpha value is -1.62. The van der Waals surface area contributed by atoms with E-state index in [9.17, 15) is 9.59 Å². The topological polar surface area (TPSA) is 55.4 Å². The molecule has 0 bridgehead atoms. The van der Waals surface area contributed by atoms with Crippen molar-refractivity contribution in [3.8, 4) is 0 Å². The highest BCUT2D eigenvalue weighted by Gasteiger charge is 2.33. The van der Waals surface area contributed by atoms with Crippen molar-refractivity contribution in [2.24, 2.45) is 0 Å². The average molecular weight is 324 g/mol. The zero-order valence-corrected chi connectivity index (χ0v) is 12.3. The molecule has 1 heterocycles. The Bertz CT molecular complexity index is 566. The van der Waals surface area contributed by atoms with Crippen molar-refractivity contribution in [3.63, 3.8) is 0 Å². The van der Waals surface area contributed by atoms with Gasteiger partial charge in [0, 0.05) is 22.5 Å². The molecular weight excluding hydrogens is 310 g/mol. The lowest BCUT2D eigenvalue weighted by Crippen LogP contribution is -2.34. The molecule has 1 unspecified atom stereocenters. The highest BCUT2D eigenvalue weighted by molar-refractivity contribution is 9.10. The van der Waals surface area contributed by atoms with Crippen LogP contribution in [-0.2, 0) is 14.3 Å². The molecule has 1 aliphatic rings. The number of hydrogen-bond donors (Lipinski definition) is 1. The first-order valence-corrected chi connectivity index (χ1v) is 6.67. The number of ether oxygens (including phenoxy) is 1. The molecule has 0 saturated heterocycles. The van der Waals surface area contributed by atoms with E-state index >= 15 is 0 Å². The highest BCUT2D eigenvalue weighted by Crippen LogP contribution is 2.36. The van der Waals surface area contributed by atoms with Crippen molar-refractivity contribution in [1.29, 1.82) is 0 Å². The Morgan fingerprint density at radius 1 is 1.42 bits per heavy atom. The standard InChI is InChI=1S/C14H14BrNO3/c1-8-13(14(18)19-2)10(7-12(17)16-8)9-5-3-4-6-11(9)15/h3-6,10H,7H2,1-2H3,(H,16,17). The molecule has 0 radical (unpaired) electrons. The van der Waals surface area contributed by atoms with Gasteiger partial charge in [-0.25, -0.2) is 4.79 Å². The Balaban J connectivity index is 2.53. The summed E-state index contributed by atoms with van der Waals surface area (Å²) in [7, 11) is 1.34. The largest absolute Gasteiger partial charge is 0.466 e. The first-order valence-electron chi connectivity index (χ1n) is 5.88. The third-order valence-electron chi connectivity index (χ3n) is 3.15. The number of nitrogens with one attached hydrogen (secondary N) is 1. The summed E-state index contributed by atoms with van der Waals surface area (Å²) in [6.45, 7) is 1.72. The van der Waals surface area contributed by atoms with Crippen LogP contribution in [0.15, 0.2) is 40.0 Å². The quantitative estimate of drug-likeness (QED) is 0.851. The molecule has 1 aromatic carbocycles. The van der Waals surface area contributed by atoms with Crippen LogP contribution in [0.3, 0.4) is 0 Å². The monoisotopic (exact) mass is 323 g/mol. The zero-order valence-electron chi connectivity index (χ0n) is 10.7. The maximum Gasteiger partial charge on any atom is 0.336 e. The second kappa shape index (κ2) is 5.57. The molecule has 4 nitrogen and oxygen atoms in total. The highest BCUT2D eigenvalue weighted by atomic mass is 79.9. The van der Waals surface area contributed by atoms with E-state index in [-0.39, 0.29) is 18.2 Å². The van der Waals surface area contributed by atoms with Gasteiger partial charge in [-0.1, -0.05) is 34.1 Å². The fourth-order valence-corrected chi connectivity index (χ4v) is 2.87. The fourth-order valence-electron chi connectivity index (χ4n) is 2.30. The van der Waals surface area contributed by atoms with Gasteiger partial charge in [-0.15, -0.1) is 0 Å². The van der Waals surface area contributed by atoms with Gasteiger partial charge in [0.1, 0.15) is 0 Å². The molecule has 0 aromatic heterocycles. The first-order chi connectivity index (χ1) is 9.04.